The second kappa shape index (κ2) is 7.63. The van der Waals surface area contributed by atoms with E-state index in [0.717, 1.165) is 23.6 Å². The molecule has 0 unspecified atom stereocenters. The fourth-order valence-electron chi connectivity index (χ4n) is 2.49. The number of hydrogen-bond acceptors (Lipinski definition) is 6. The van der Waals surface area contributed by atoms with E-state index in [9.17, 15) is 14.4 Å². The summed E-state index contributed by atoms with van der Waals surface area (Å²) in [7, 11) is 2.45. The highest BCUT2D eigenvalue weighted by atomic mass is 16.5. The van der Waals surface area contributed by atoms with Crippen LogP contribution in [0.3, 0.4) is 0 Å². The molecule has 0 fully saturated rings. The minimum absolute atomic E-state index is 0.0245. The van der Waals surface area contributed by atoms with Gasteiger partial charge in [-0.3, -0.25) is 4.79 Å². The van der Waals surface area contributed by atoms with Gasteiger partial charge in [-0.25, -0.2) is 9.59 Å². The van der Waals surface area contributed by atoms with Crippen LogP contribution in [0, 0.1) is 0 Å². The van der Waals surface area contributed by atoms with Gasteiger partial charge in [0, 0.05) is 25.7 Å². The van der Waals surface area contributed by atoms with Crippen molar-refractivity contribution in [2.75, 3.05) is 26.1 Å². The Morgan fingerprint density at radius 2 is 1.92 bits per heavy atom. The lowest BCUT2D eigenvalue weighted by Gasteiger charge is -2.28. The number of esters is 2. The quantitative estimate of drug-likeness (QED) is 0.659. The Balaban J connectivity index is 2.24. The van der Waals surface area contributed by atoms with E-state index in [1.807, 2.05) is 18.2 Å². The largest absolute Gasteiger partial charge is 0.466 e. The lowest BCUT2D eigenvalue weighted by molar-refractivity contribution is -0.138. The number of carbonyl (C=O) groups is 3. The summed E-state index contributed by atoms with van der Waals surface area (Å²) in [5.74, 6) is -1.31. The summed E-state index contributed by atoms with van der Waals surface area (Å²) in [6.07, 6.45) is 1.82. The maximum absolute atomic E-state index is 11.8. The molecule has 7 heteroatoms. The van der Waals surface area contributed by atoms with E-state index in [-0.39, 0.29) is 11.6 Å². The molecular formula is C17H20N2O5. The van der Waals surface area contributed by atoms with E-state index in [2.05, 4.69) is 14.8 Å². The SMILES string of the molecule is COC(=O)/C=C(/Nc1ccc2c(c1)CN(C(C)=O)CC2)C(=O)OC. The molecule has 0 radical (unpaired) electrons. The van der Waals surface area contributed by atoms with Crippen LogP contribution in [0.5, 0.6) is 0 Å². The van der Waals surface area contributed by atoms with Crippen LogP contribution in [-0.2, 0) is 36.8 Å². The molecule has 2 rings (SSSR count). The summed E-state index contributed by atoms with van der Waals surface area (Å²) in [6.45, 7) is 2.76. The first-order valence-corrected chi connectivity index (χ1v) is 7.47. The summed E-state index contributed by atoms with van der Waals surface area (Å²) >= 11 is 0. The van der Waals surface area contributed by atoms with Gasteiger partial charge in [0.2, 0.25) is 5.91 Å². The smallest absolute Gasteiger partial charge is 0.354 e. The topological polar surface area (TPSA) is 84.9 Å². The van der Waals surface area contributed by atoms with Crippen LogP contribution in [0.25, 0.3) is 0 Å². The Bertz CT molecular complexity index is 696. The zero-order valence-electron chi connectivity index (χ0n) is 13.9. The second-order valence-corrected chi connectivity index (χ2v) is 5.37. The van der Waals surface area contributed by atoms with Gasteiger partial charge in [-0.05, 0) is 29.7 Å². The minimum atomic E-state index is -0.677. The molecule has 0 bridgehead atoms. The number of amides is 1. The predicted molar refractivity (Wildman–Crippen MR) is 87.0 cm³/mol. The lowest BCUT2D eigenvalue weighted by atomic mass is 9.99. The first-order chi connectivity index (χ1) is 11.4. The number of ether oxygens (including phenoxy) is 2. The third-order valence-electron chi connectivity index (χ3n) is 3.81. The van der Waals surface area contributed by atoms with Crippen molar-refractivity contribution in [3.8, 4) is 0 Å². The number of fused-ring (bicyclic) bond motifs is 1. The molecule has 7 nitrogen and oxygen atoms in total. The van der Waals surface area contributed by atoms with Crippen LogP contribution in [0.1, 0.15) is 18.1 Å². The molecule has 0 spiro atoms. The summed E-state index contributed by atoms with van der Waals surface area (Å²) in [5, 5.41) is 2.87. The summed E-state index contributed by atoms with van der Waals surface area (Å²) in [6, 6.07) is 5.62. The van der Waals surface area contributed by atoms with Crippen LogP contribution in [0.2, 0.25) is 0 Å². The van der Waals surface area contributed by atoms with Gasteiger partial charge in [-0.1, -0.05) is 6.07 Å². The van der Waals surface area contributed by atoms with Gasteiger partial charge in [0.1, 0.15) is 5.70 Å². The summed E-state index contributed by atoms with van der Waals surface area (Å²) in [4.78, 5) is 36.5. The molecule has 1 aromatic rings. The van der Waals surface area contributed by atoms with Crippen molar-refractivity contribution in [1.82, 2.24) is 4.90 Å². The zero-order valence-corrected chi connectivity index (χ0v) is 13.9. The van der Waals surface area contributed by atoms with Crippen LogP contribution in [0.4, 0.5) is 5.69 Å². The van der Waals surface area contributed by atoms with E-state index in [1.165, 1.54) is 14.2 Å². The zero-order chi connectivity index (χ0) is 17.7. The van der Waals surface area contributed by atoms with Crippen molar-refractivity contribution in [1.29, 1.82) is 0 Å². The van der Waals surface area contributed by atoms with Gasteiger partial charge in [0.05, 0.1) is 20.3 Å². The van der Waals surface area contributed by atoms with Gasteiger partial charge in [0.15, 0.2) is 0 Å². The van der Waals surface area contributed by atoms with Gasteiger partial charge in [0.25, 0.3) is 0 Å². The fraction of sp³-hybridized carbons (Fsp3) is 0.353. The van der Waals surface area contributed by atoms with E-state index in [1.54, 1.807) is 11.8 Å². The summed E-state index contributed by atoms with van der Waals surface area (Å²) < 4.78 is 9.20. The van der Waals surface area contributed by atoms with Crippen LogP contribution < -0.4 is 5.32 Å². The average Bonchev–Trinajstić information content (AvgIpc) is 2.59. The molecule has 0 saturated carbocycles. The van der Waals surface area contributed by atoms with Gasteiger partial charge in [-0.2, -0.15) is 0 Å². The van der Waals surface area contributed by atoms with Crippen molar-refractivity contribution in [2.24, 2.45) is 0 Å². The molecule has 0 aliphatic carbocycles. The Kier molecular flexibility index (Phi) is 5.57. The Hall–Kier alpha value is -2.83. The first-order valence-electron chi connectivity index (χ1n) is 7.47. The molecule has 0 saturated heterocycles. The normalized spacial score (nSPS) is 13.8. The number of hydrogen-bond donors (Lipinski definition) is 1. The number of rotatable bonds is 4. The Morgan fingerprint density at radius 1 is 1.17 bits per heavy atom. The van der Waals surface area contributed by atoms with Crippen LogP contribution >= 0.6 is 0 Å². The van der Waals surface area contributed by atoms with Gasteiger partial charge >= 0.3 is 11.9 Å². The molecule has 1 aliphatic heterocycles. The summed E-state index contributed by atoms with van der Waals surface area (Å²) in [5.41, 5.74) is 2.77. The van der Waals surface area contributed by atoms with Gasteiger partial charge < -0.3 is 19.7 Å². The van der Waals surface area contributed by atoms with E-state index in [4.69, 9.17) is 0 Å². The first kappa shape index (κ1) is 17.5. The standard InChI is InChI=1S/C17H20N2O5/c1-11(20)19-7-6-12-4-5-14(8-13(12)10-19)18-15(17(22)24-3)9-16(21)23-2/h4-5,8-9,18H,6-7,10H2,1-3H3/b15-9+. The van der Waals surface area contributed by atoms with Crippen molar-refractivity contribution in [3.63, 3.8) is 0 Å². The van der Waals surface area contributed by atoms with E-state index in [0.29, 0.717) is 18.8 Å². The van der Waals surface area contributed by atoms with Crippen molar-refractivity contribution in [3.05, 3.63) is 41.1 Å². The van der Waals surface area contributed by atoms with Crippen molar-refractivity contribution in [2.45, 2.75) is 19.9 Å². The highest BCUT2D eigenvalue weighted by Gasteiger charge is 2.19. The monoisotopic (exact) mass is 332 g/mol. The highest BCUT2D eigenvalue weighted by Crippen LogP contribution is 2.23. The molecule has 1 aromatic carbocycles. The van der Waals surface area contributed by atoms with E-state index < -0.39 is 11.9 Å². The number of nitrogens with zero attached hydrogens (tertiary/aromatic N) is 1. The fourth-order valence-corrected chi connectivity index (χ4v) is 2.49. The third kappa shape index (κ3) is 4.13. The maximum Gasteiger partial charge on any atom is 0.354 e. The molecule has 1 N–H and O–H groups in total. The Labute approximate surface area is 140 Å². The number of anilines is 1. The predicted octanol–water partition coefficient (Wildman–Crippen LogP) is 1.23. The second-order valence-electron chi connectivity index (χ2n) is 5.37. The van der Waals surface area contributed by atoms with E-state index >= 15 is 0 Å². The third-order valence-corrected chi connectivity index (χ3v) is 3.81. The molecule has 1 amide bonds. The van der Waals surface area contributed by atoms with Crippen molar-refractivity contribution >= 4 is 23.5 Å². The molecule has 0 atom stereocenters. The van der Waals surface area contributed by atoms with Crippen LogP contribution in [0.15, 0.2) is 30.0 Å². The maximum atomic E-state index is 11.8. The Morgan fingerprint density at radius 3 is 2.54 bits per heavy atom. The molecule has 24 heavy (non-hydrogen) atoms. The number of carbonyl (C=O) groups excluding carboxylic acids is 3. The van der Waals surface area contributed by atoms with Crippen molar-refractivity contribution < 1.29 is 23.9 Å². The molecule has 1 heterocycles. The lowest BCUT2D eigenvalue weighted by Crippen LogP contribution is -2.34. The highest BCUT2D eigenvalue weighted by molar-refractivity contribution is 5.98. The van der Waals surface area contributed by atoms with Gasteiger partial charge in [-0.15, -0.1) is 0 Å². The van der Waals surface area contributed by atoms with Crippen LogP contribution in [-0.4, -0.2) is 43.5 Å². The number of benzene rings is 1. The molecule has 128 valence electrons. The number of nitrogens with one attached hydrogen (secondary N) is 1. The molecule has 1 aliphatic rings. The molecular weight excluding hydrogens is 312 g/mol. The molecule has 0 aromatic heterocycles. The minimum Gasteiger partial charge on any atom is -0.466 e. The number of methoxy groups -OCH3 is 2. The average molecular weight is 332 g/mol.